The molecule has 4 aromatic rings. The lowest BCUT2D eigenvalue weighted by molar-refractivity contribution is -0.111. The van der Waals surface area contributed by atoms with Crippen LogP contribution in [0.4, 0.5) is 5.13 Å². The number of methoxy groups -OCH3 is 1. The van der Waals surface area contributed by atoms with Crippen LogP contribution in [-0.4, -0.2) is 18.0 Å². The molecule has 0 aliphatic heterocycles. The van der Waals surface area contributed by atoms with Crippen LogP contribution in [0.25, 0.3) is 17.3 Å². The van der Waals surface area contributed by atoms with E-state index < -0.39 is 0 Å². The molecule has 1 amide bonds. The molecule has 0 atom stereocenters. The second-order valence-electron chi connectivity index (χ2n) is 6.94. The third-order valence-corrected chi connectivity index (χ3v) is 5.41. The number of aromatic nitrogens is 1. The van der Waals surface area contributed by atoms with Gasteiger partial charge in [0, 0.05) is 17.0 Å². The van der Waals surface area contributed by atoms with E-state index in [2.05, 4.69) is 10.3 Å². The molecule has 32 heavy (non-hydrogen) atoms. The number of carbonyl (C=O) groups is 1. The summed E-state index contributed by atoms with van der Waals surface area (Å²) in [7, 11) is 1.63. The van der Waals surface area contributed by atoms with Crippen LogP contribution in [0.1, 0.15) is 11.1 Å². The molecule has 6 heteroatoms. The lowest BCUT2D eigenvalue weighted by Crippen LogP contribution is -2.07. The van der Waals surface area contributed by atoms with E-state index >= 15 is 0 Å². The molecule has 0 spiro atoms. The smallest absolute Gasteiger partial charge is 0.250 e. The molecule has 1 aromatic heterocycles. The van der Waals surface area contributed by atoms with Crippen molar-refractivity contribution in [3.8, 4) is 22.8 Å². The number of carbonyl (C=O) groups excluding carboxylic acids is 1. The number of nitrogens with one attached hydrogen (secondary N) is 1. The van der Waals surface area contributed by atoms with Gasteiger partial charge in [0.05, 0.1) is 12.8 Å². The SMILES string of the molecule is COc1cccc(-c2csc(NC(=O)/C=C/c3ccc(OCc4ccccc4)cc3)n2)c1. The standard InChI is InChI=1S/C26H22N2O3S/c1-30-23-9-5-8-21(16-23)24-18-32-26(27-24)28-25(29)15-12-19-10-13-22(14-11-19)31-17-20-6-3-2-4-7-20/h2-16,18H,17H2,1H3,(H,27,28,29)/b15-12+. The van der Waals surface area contributed by atoms with Gasteiger partial charge in [-0.2, -0.15) is 0 Å². The Hall–Kier alpha value is -3.90. The minimum absolute atomic E-state index is 0.235. The molecule has 0 fully saturated rings. The molecule has 3 aromatic carbocycles. The topological polar surface area (TPSA) is 60.5 Å². The van der Waals surface area contributed by atoms with Crippen molar-refractivity contribution in [3.63, 3.8) is 0 Å². The van der Waals surface area contributed by atoms with Gasteiger partial charge in [0.2, 0.25) is 5.91 Å². The summed E-state index contributed by atoms with van der Waals surface area (Å²) in [6.07, 6.45) is 3.25. The molecule has 4 rings (SSSR count). The molecule has 0 saturated heterocycles. The maximum atomic E-state index is 12.3. The molecular weight excluding hydrogens is 420 g/mol. The summed E-state index contributed by atoms with van der Waals surface area (Å²) in [6.45, 7) is 0.518. The van der Waals surface area contributed by atoms with Gasteiger partial charge in [0.15, 0.2) is 5.13 Å². The number of benzene rings is 3. The number of anilines is 1. The molecule has 0 radical (unpaired) electrons. The minimum atomic E-state index is -0.235. The van der Waals surface area contributed by atoms with E-state index in [9.17, 15) is 4.79 Å². The van der Waals surface area contributed by atoms with Crippen molar-refractivity contribution in [1.82, 2.24) is 4.98 Å². The van der Waals surface area contributed by atoms with Gasteiger partial charge in [-0.1, -0.05) is 54.6 Å². The molecule has 0 unspecified atom stereocenters. The van der Waals surface area contributed by atoms with Gasteiger partial charge in [-0.05, 0) is 41.5 Å². The lowest BCUT2D eigenvalue weighted by atomic mass is 10.2. The number of thiazole rings is 1. The van der Waals surface area contributed by atoms with E-state index in [0.29, 0.717) is 11.7 Å². The number of amides is 1. The van der Waals surface area contributed by atoms with Crippen LogP contribution in [0.3, 0.4) is 0 Å². The van der Waals surface area contributed by atoms with E-state index in [-0.39, 0.29) is 5.91 Å². The van der Waals surface area contributed by atoms with Crippen molar-refractivity contribution in [1.29, 1.82) is 0 Å². The molecule has 1 N–H and O–H groups in total. The van der Waals surface area contributed by atoms with Crippen LogP contribution in [0.15, 0.2) is 90.3 Å². The highest BCUT2D eigenvalue weighted by molar-refractivity contribution is 7.14. The number of hydrogen-bond acceptors (Lipinski definition) is 5. The Morgan fingerprint density at radius 1 is 1.00 bits per heavy atom. The van der Waals surface area contributed by atoms with Crippen molar-refractivity contribution in [2.75, 3.05) is 12.4 Å². The van der Waals surface area contributed by atoms with Crippen LogP contribution < -0.4 is 14.8 Å². The monoisotopic (exact) mass is 442 g/mol. The molecule has 0 aliphatic rings. The van der Waals surface area contributed by atoms with Crippen LogP contribution in [-0.2, 0) is 11.4 Å². The summed E-state index contributed by atoms with van der Waals surface area (Å²) in [5.41, 5.74) is 3.75. The van der Waals surface area contributed by atoms with Crippen LogP contribution in [0, 0.1) is 0 Å². The highest BCUT2D eigenvalue weighted by atomic mass is 32.1. The normalized spacial score (nSPS) is 10.8. The first-order valence-corrected chi connectivity index (χ1v) is 10.9. The average Bonchev–Trinajstić information content (AvgIpc) is 3.31. The average molecular weight is 443 g/mol. The van der Waals surface area contributed by atoms with Gasteiger partial charge >= 0.3 is 0 Å². The summed E-state index contributed by atoms with van der Waals surface area (Å²) in [6, 6.07) is 25.3. The van der Waals surface area contributed by atoms with Crippen molar-refractivity contribution in [2.45, 2.75) is 6.61 Å². The summed E-state index contributed by atoms with van der Waals surface area (Å²) in [4.78, 5) is 16.8. The molecule has 5 nitrogen and oxygen atoms in total. The number of hydrogen-bond donors (Lipinski definition) is 1. The molecule has 0 saturated carbocycles. The van der Waals surface area contributed by atoms with Crippen LogP contribution in [0.5, 0.6) is 11.5 Å². The Kier molecular flexibility index (Phi) is 6.94. The predicted molar refractivity (Wildman–Crippen MR) is 129 cm³/mol. The third kappa shape index (κ3) is 5.83. The fourth-order valence-electron chi connectivity index (χ4n) is 2.98. The number of ether oxygens (including phenoxy) is 2. The van der Waals surface area contributed by atoms with E-state index in [0.717, 1.165) is 33.9 Å². The van der Waals surface area contributed by atoms with Crippen LogP contribution in [0.2, 0.25) is 0 Å². The first kappa shape index (κ1) is 21.3. The highest BCUT2D eigenvalue weighted by Gasteiger charge is 2.07. The number of nitrogens with zero attached hydrogens (tertiary/aromatic N) is 1. The van der Waals surface area contributed by atoms with Crippen molar-refractivity contribution in [2.24, 2.45) is 0 Å². The van der Waals surface area contributed by atoms with Crippen LogP contribution >= 0.6 is 11.3 Å². The first-order chi connectivity index (χ1) is 15.7. The first-order valence-electron chi connectivity index (χ1n) is 10.1. The quantitative estimate of drug-likeness (QED) is 0.338. The molecule has 1 heterocycles. The third-order valence-electron chi connectivity index (χ3n) is 4.66. The van der Waals surface area contributed by atoms with Gasteiger partial charge in [0.25, 0.3) is 0 Å². The van der Waals surface area contributed by atoms with Gasteiger partial charge in [-0.3, -0.25) is 10.1 Å². The zero-order valence-electron chi connectivity index (χ0n) is 17.5. The maximum absolute atomic E-state index is 12.3. The minimum Gasteiger partial charge on any atom is -0.497 e. The Bertz CT molecular complexity index is 1200. The second kappa shape index (κ2) is 10.4. The summed E-state index contributed by atoms with van der Waals surface area (Å²) < 4.78 is 11.0. The second-order valence-corrected chi connectivity index (χ2v) is 7.79. The van der Waals surface area contributed by atoms with Crippen molar-refractivity contribution < 1.29 is 14.3 Å². The Labute approximate surface area is 191 Å². The summed E-state index contributed by atoms with van der Waals surface area (Å²) >= 11 is 1.38. The van der Waals surface area contributed by atoms with Gasteiger partial charge < -0.3 is 9.47 Å². The maximum Gasteiger partial charge on any atom is 0.250 e. The zero-order chi connectivity index (χ0) is 22.2. The fraction of sp³-hybridized carbons (Fsp3) is 0.0769. The summed E-state index contributed by atoms with van der Waals surface area (Å²) in [5.74, 6) is 1.31. The Morgan fingerprint density at radius 3 is 2.59 bits per heavy atom. The van der Waals surface area contributed by atoms with Gasteiger partial charge in [0.1, 0.15) is 18.1 Å². The van der Waals surface area contributed by atoms with Gasteiger partial charge in [-0.15, -0.1) is 11.3 Å². The zero-order valence-corrected chi connectivity index (χ0v) is 18.3. The van der Waals surface area contributed by atoms with E-state index in [1.165, 1.54) is 17.4 Å². The fourth-order valence-corrected chi connectivity index (χ4v) is 3.70. The van der Waals surface area contributed by atoms with Gasteiger partial charge in [-0.25, -0.2) is 4.98 Å². The number of rotatable bonds is 8. The lowest BCUT2D eigenvalue weighted by Gasteiger charge is -2.06. The highest BCUT2D eigenvalue weighted by Crippen LogP contribution is 2.27. The van der Waals surface area contributed by atoms with E-state index in [1.807, 2.05) is 84.2 Å². The largest absolute Gasteiger partial charge is 0.497 e. The van der Waals surface area contributed by atoms with E-state index in [1.54, 1.807) is 13.2 Å². The van der Waals surface area contributed by atoms with Crippen molar-refractivity contribution >= 4 is 28.5 Å². The molecule has 160 valence electrons. The molecular formula is C26H22N2O3S. The van der Waals surface area contributed by atoms with E-state index in [4.69, 9.17) is 9.47 Å². The van der Waals surface area contributed by atoms with Crippen molar-refractivity contribution in [3.05, 3.63) is 101 Å². The molecule has 0 aliphatic carbocycles. The molecule has 0 bridgehead atoms. The predicted octanol–water partition coefficient (Wildman–Crippen LogP) is 6.05. The summed E-state index contributed by atoms with van der Waals surface area (Å²) in [5, 5.41) is 5.26. The Balaban J connectivity index is 1.31. The Morgan fingerprint density at radius 2 is 1.81 bits per heavy atom.